The van der Waals surface area contributed by atoms with Crippen LogP contribution in [0.1, 0.15) is 52.4 Å². The number of hydrogen-bond donors (Lipinski definition) is 0. The van der Waals surface area contributed by atoms with Gasteiger partial charge < -0.3 is 4.84 Å². The zero-order valence-corrected chi connectivity index (χ0v) is 8.38. The van der Waals surface area contributed by atoms with Gasteiger partial charge in [0.1, 0.15) is 6.61 Å². The first kappa shape index (κ1) is 11.5. The van der Waals surface area contributed by atoms with Crippen LogP contribution in [0.5, 0.6) is 0 Å². The van der Waals surface area contributed by atoms with Crippen molar-refractivity contribution in [1.82, 2.24) is 0 Å². The summed E-state index contributed by atoms with van der Waals surface area (Å²) in [5.74, 6) is 0. The van der Waals surface area contributed by atoms with E-state index in [0.29, 0.717) is 0 Å². The molecule has 0 spiro atoms. The number of oxime groups is 1. The third kappa shape index (κ3) is 9.47. The van der Waals surface area contributed by atoms with Gasteiger partial charge in [-0.25, -0.2) is 0 Å². The van der Waals surface area contributed by atoms with E-state index in [2.05, 4.69) is 19.0 Å². The summed E-state index contributed by atoms with van der Waals surface area (Å²) in [6, 6.07) is 0. The van der Waals surface area contributed by atoms with Crippen LogP contribution in [0.2, 0.25) is 0 Å². The summed E-state index contributed by atoms with van der Waals surface area (Å²) in [5, 5.41) is 3.83. The molecule has 0 heterocycles. The highest BCUT2D eigenvalue weighted by atomic mass is 16.6. The van der Waals surface area contributed by atoms with E-state index in [9.17, 15) is 0 Å². The van der Waals surface area contributed by atoms with Gasteiger partial charge in [0.2, 0.25) is 0 Å². The molecule has 0 saturated heterocycles. The molecule has 0 aromatic heterocycles. The van der Waals surface area contributed by atoms with Crippen molar-refractivity contribution < 1.29 is 4.84 Å². The highest BCUT2D eigenvalue weighted by molar-refractivity contribution is 5.55. The molecule has 0 unspecified atom stereocenters. The lowest BCUT2D eigenvalue weighted by Gasteiger charge is -1.97. The van der Waals surface area contributed by atoms with Crippen LogP contribution < -0.4 is 0 Å². The molecular weight excluding hydrogens is 150 g/mol. The Labute approximate surface area is 76.0 Å². The smallest absolute Gasteiger partial charge is 0.117 e. The summed E-state index contributed by atoms with van der Waals surface area (Å²) in [6.07, 6.45) is 9.00. The second-order valence-corrected chi connectivity index (χ2v) is 2.97. The minimum atomic E-state index is 0.778. The van der Waals surface area contributed by atoms with Crippen molar-refractivity contribution in [3.8, 4) is 0 Å². The third-order valence-corrected chi connectivity index (χ3v) is 1.66. The predicted molar refractivity (Wildman–Crippen MR) is 53.5 cm³/mol. The Morgan fingerprint density at radius 1 is 1.08 bits per heavy atom. The van der Waals surface area contributed by atoms with Crippen LogP contribution in [0.4, 0.5) is 0 Å². The molecule has 0 fully saturated rings. The van der Waals surface area contributed by atoms with E-state index in [-0.39, 0.29) is 0 Å². The van der Waals surface area contributed by atoms with E-state index in [0.717, 1.165) is 25.9 Å². The lowest BCUT2D eigenvalue weighted by atomic mass is 10.2. The normalized spacial score (nSPS) is 10.8. The van der Waals surface area contributed by atoms with Crippen molar-refractivity contribution in [3.05, 3.63) is 0 Å². The molecule has 0 aliphatic rings. The Morgan fingerprint density at radius 3 is 2.58 bits per heavy atom. The van der Waals surface area contributed by atoms with Crippen LogP contribution in [-0.2, 0) is 4.84 Å². The molecule has 0 atom stereocenters. The van der Waals surface area contributed by atoms with Gasteiger partial charge in [-0.05, 0) is 19.3 Å². The van der Waals surface area contributed by atoms with E-state index in [1.165, 1.54) is 19.3 Å². The quantitative estimate of drug-likeness (QED) is 0.312. The molecule has 2 nitrogen and oxygen atoms in total. The second kappa shape index (κ2) is 10.5. The zero-order valence-electron chi connectivity index (χ0n) is 8.38. The van der Waals surface area contributed by atoms with Gasteiger partial charge in [-0.2, -0.15) is 0 Å². The van der Waals surface area contributed by atoms with Crippen LogP contribution in [0.25, 0.3) is 0 Å². The molecule has 0 rings (SSSR count). The summed E-state index contributed by atoms with van der Waals surface area (Å²) in [5.41, 5.74) is 0. The number of rotatable bonds is 8. The molecule has 0 aromatic carbocycles. The van der Waals surface area contributed by atoms with Crippen LogP contribution in [0.15, 0.2) is 5.16 Å². The summed E-state index contributed by atoms with van der Waals surface area (Å²) in [4.78, 5) is 5.05. The molecule has 0 aliphatic heterocycles. The van der Waals surface area contributed by atoms with Gasteiger partial charge in [-0.15, -0.1) is 0 Å². The maximum Gasteiger partial charge on any atom is 0.117 e. The van der Waals surface area contributed by atoms with Gasteiger partial charge in [-0.3, -0.25) is 0 Å². The molecule has 0 aliphatic carbocycles. The summed E-state index contributed by atoms with van der Waals surface area (Å²) in [7, 11) is 0. The van der Waals surface area contributed by atoms with Crippen LogP contribution in [0.3, 0.4) is 0 Å². The van der Waals surface area contributed by atoms with Crippen molar-refractivity contribution in [2.45, 2.75) is 52.4 Å². The van der Waals surface area contributed by atoms with Crippen molar-refractivity contribution in [1.29, 1.82) is 0 Å². The van der Waals surface area contributed by atoms with E-state index < -0.39 is 0 Å². The molecule has 12 heavy (non-hydrogen) atoms. The van der Waals surface area contributed by atoms with E-state index in [1.807, 2.05) is 6.21 Å². The topological polar surface area (TPSA) is 21.6 Å². The molecular formula is C10H21NO. The average Bonchev–Trinajstić information content (AvgIpc) is 2.10. The Kier molecular flexibility index (Phi) is 10.0. The summed E-state index contributed by atoms with van der Waals surface area (Å²) >= 11 is 0. The fourth-order valence-electron chi connectivity index (χ4n) is 0.881. The second-order valence-electron chi connectivity index (χ2n) is 2.97. The Morgan fingerprint density at radius 2 is 1.92 bits per heavy atom. The molecule has 0 aromatic rings. The van der Waals surface area contributed by atoms with Crippen molar-refractivity contribution >= 4 is 6.21 Å². The standard InChI is InChI=1S/C10H21NO/c1-3-5-7-8-10-12-11-9-6-4-2/h9H,3-8,10H2,1-2H3. The van der Waals surface area contributed by atoms with Crippen molar-refractivity contribution in [3.63, 3.8) is 0 Å². The number of hydrogen-bond acceptors (Lipinski definition) is 2. The lowest BCUT2D eigenvalue weighted by Crippen LogP contribution is -1.88. The van der Waals surface area contributed by atoms with Gasteiger partial charge in [-0.1, -0.05) is 38.3 Å². The first-order valence-corrected chi connectivity index (χ1v) is 5.05. The third-order valence-electron chi connectivity index (χ3n) is 1.66. The van der Waals surface area contributed by atoms with Crippen LogP contribution in [0, 0.1) is 0 Å². The molecule has 0 bridgehead atoms. The van der Waals surface area contributed by atoms with E-state index in [1.54, 1.807) is 0 Å². The van der Waals surface area contributed by atoms with Gasteiger partial charge >= 0.3 is 0 Å². The van der Waals surface area contributed by atoms with Gasteiger partial charge in [0, 0.05) is 6.21 Å². The predicted octanol–water partition coefficient (Wildman–Crippen LogP) is 3.37. The van der Waals surface area contributed by atoms with Crippen molar-refractivity contribution in [2.24, 2.45) is 5.16 Å². The number of unbranched alkanes of at least 4 members (excludes halogenated alkanes) is 4. The van der Waals surface area contributed by atoms with E-state index in [4.69, 9.17) is 4.84 Å². The Balaban J connectivity index is 2.90. The average molecular weight is 171 g/mol. The Bertz CT molecular complexity index is 102. The minimum absolute atomic E-state index is 0.778. The number of nitrogens with zero attached hydrogens (tertiary/aromatic N) is 1. The van der Waals surface area contributed by atoms with Crippen LogP contribution in [-0.4, -0.2) is 12.8 Å². The molecule has 0 saturated carbocycles. The molecule has 0 amide bonds. The fourth-order valence-corrected chi connectivity index (χ4v) is 0.881. The van der Waals surface area contributed by atoms with Gasteiger partial charge in [0.15, 0.2) is 0 Å². The lowest BCUT2D eigenvalue weighted by molar-refractivity contribution is 0.140. The zero-order chi connectivity index (χ0) is 9.07. The van der Waals surface area contributed by atoms with Gasteiger partial charge in [0.05, 0.1) is 0 Å². The molecule has 2 heteroatoms. The maximum atomic E-state index is 5.05. The summed E-state index contributed by atoms with van der Waals surface area (Å²) < 4.78 is 0. The molecule has 0 radical (unpaired) electrons. The fraction of sp³-hybridized carbons (Fsp3) is 0.900. The highest BCUT2D eigenvalue weighted by Crippen LogP contribution is 1.98. The van der Waals surface area contributed by atoms with E-state index >= 15 is 0 Å². The Hall–Kier alpha value is -0.530. The first-order valence-electron chi connectivity index (χ1n) is 5.05. The van der Waals surface area contributed by atoms with Gasteiger partial charge in [0.25, 0.3) is 0 Å². The molecule has 72 valence electrons. The SMILES string of the molecule is CCCC=NOCCCCCC. The van der Waals surface area contributed by atoms with Crippen LogP contribution >= 0.6 is 0 Å². The molecule has 0 N–H and O–H groups in total. The van der Waals surface area contributed by atoms with Crippen molar-refractivity contribution in [2.75, 3.05) is 6.61 Å². The largest absolute Gasteiger partial charge is 0.396 e. The first-order chi connectivity index (χ1) is 5.91. The summed E-state index contributed by atoms with van der Waals surface area (Å²) in [6.45, 7) is 5.12. The minimum Gasteiger partial charge on any atom is -0.396 e. The highest BCUT2D eigenvalue weighted by Gasteiger charge is 1.86. The monoisotopic (exact) mass is 171 g/mol. The maximum absolute atomic E-state index is 5.05.